The van der Waals surface area contributed by atoms with Gasteiger partial charge in [-0.2, -0.15) is 4.31 Å². The number of carbonyl (C=O) groups excluding carboxylic acids is 1. The van der Waals surface area contributed by atoms with Crippen molar-refractivity contribution in [3.05, 3.63) is 54.1 Å². The molecule has 7 nitrogen and oxygen atoms in total. The number of rotatable bonds is 11. The highest BCUT2D eigenvalue weighted by Gasteiger charge is 2.28. The van der Waals surface area contributed by atoms with Crippen LogP contribution in [0.5, 0.6) is 11.5 Å². The Morgan fingerprint density at radius 2 is 1.73 bits per heavy atom. The topological polar surface area (TPSA) is 84.9 Å². The number of hydrogen-bond acceptors (Lipinski definition) is 5. The molecule has 0 saturated heterocycles. The Labute approximate surface area is 179 Å². The van der Waals surface area contributed by atoms with Crippen LogP contribution in [0.25, 0.3) is 0 Å². The molecule has 0 aliphatic heterocycles. The van der Waals surface area contributed by atoms with E-state index in [1.165, 1.54) is 36.7 Å². The van der Waals surface area contributed by atoms with Gasteiger partial charge in [0, 0.05) is 18.7 Å². The predicted molar refractivity (Wildman–Crippen MR) is 116 cm³/mol. The lowest BCUT2D eigenvalue weighted by Gasteiger charge is -2.23. The first kappa shape index (κ1) is 23.7. The van der Waals surface area contributed by atoms with Crippen molar-refractivity contribution in [1.29, 1.82) is 0 Å². The molecule has 2 aromatic carbocycles. The molecule has 1 atom stereocenters. The standard InChI is InChI=1S/C22H30N2O5S/c1-5-9-17(2)23-22(25)16-24(15-18-10-7-6-8-11-18)30(26,27)19-12-13-20(28-3)21(14-19)29-4/h6-8,10-14,17H,5,9,15-16H2,1-4H3,(H,23,25)/t17-/m0/s1. The second-order valence-electron chi connectivity index (χ2n) is 7.03. The van der Waals surface area contributed by atoms with Gasteiger partial charge in [-0.05, 0) is 31.0 Å². The summed E-state index contributed by atoms with van der Waals surface area (Å²) in [7, 11) is -1.04. The van der Waals surface area contributed by atoms with E-state index in [2.05, 4.69) is 5.32 Å². The largest absolute Gasteiger partial charge is 0.493 e. The molecule has 1 N–H and O–H groups in total. The highest BCUT2D eigenvalue weighted by atomic mass is 32.2. The van der Waals surface area contributed by atoms with E-state index in [4.69, 9.17) is 9.47 Å². The van der Waals surface area contributed by atoms with Crippen molar-refractivity contribution < 1.29 is 22.7 Å². The van der Waals surface area contributed by atoms with Crippen molar-refractivity contribution in [3.8, 4) is 11.5 Å². The van der Waals surface area contributed by atoms with Gasteiger partial charge >= 0.3 is 0 Å². The van der Waals surface area contributed by atoms with Crippen LogP contribution in [0.15, 0.2) is 53.4 Å². The van der Waals surface area contributed by atoms with Crippen molar-refractivity contribution in [1.82, 2.24) is 9.62 Å². The van der Waals surface area contributed by atoms with Crippen LogP contribution in [0.2, 0.25) is 0 Å². The van der Waals surface area contributed by atoms with Crippen molar-refractivity contribution in [2.45, 2.75) is 44.2 Å². The number of nitrogens with zero attached hydrogens (tertiary/aromatic N) is 1. The van der Waals surface area contributed by atoms with Gasteiger partial charge < -0.3 is 14.8 Å². The Hall–Kier alpha value is -2.58. The van der Waals surface area contributed by atoms with Crippen molar-refractivity contribution >= 4 is 15.9 Å². The fourth-order valence-corrected chi connectivity index (χ4v) is 4.53. The van der Waals surface area contributed by atoms with Gasteiger partial charge in [-0.25, -0.2) is 8.42 Å². The highest BCUT2D eigenvalue weighted by molar-refractivity contribution is 7.89. The SMILES string of the molecule is CCC[C@H](C)NC(=O)CN(Cc1ccccc1)S(=O)(=O)c1ccc(OC)c(OC)c1. The molecule has 0 aliphatic rings. The summed E-state index contributed by atoms with van der Waals surface area (Å²) < 4.78 is 38.4. The maximum absolute atomic E-state index is 13.4. The minimum Gasteiger partial charge on any atom is -0.493 e. The summed E-state index contributed by atoms with van der Waals surface area (Å²) in [5.41, 5.74) is 0.788. The van der Waals surface area contributed by atoms with Gasteiger partial charge in [0.1, 0.15) is 0 Å². The van der Waals surface area contributed by atoms with Crippen LogP contribution < -0.4 is 14.8 Å². The Kier molecular flexibility index (Phi) is 8.68. The molecular formula is C22H30N2O5S. The number of carbonyl (C=O) groups is 1. The Bertz CT molecular complexity index is 932. The molecule has 1 amide bonds. The van der Waals surface area contributed by atoms with Crippen LogP contribution in [0.3, 0.4) is 0 Å². The molecule has 0 bridgehead atoms. The van der Waals surface area contributed by atoms with E-state index in [9.17, 15) is 13.2 Å². The number of nitrogens with one attached hydrogen (secondary N) is 1. The van der Waals surface area contributed by atoms with Crippen molar-refractivity contribution in [2.75, 3.05) is 20.8 Å². The minimum atomic E-state index is -3.96. The van der Waals surface area contributed by atoms with E-state index in [1.807, 2.05) is 44.2 Å². The molecule has 0 spiro atoms. The maximum Gasteiger partial charge on any atom is 0.243 e. The number of benzene rings is 2. The van der Waals surface area contributed by atoms with Gasteiger partial charge in [-0.3, -0.25) is 4.79 Å². The molecule has 0 aromatic heterocycles. The fourth-order valence-electron chi connectivity index (χ4n) is 3.12. The number of methoxy groups -OCH3 is 2. The third-order valence-corrected chi connectivity index (χ3v) is 6.43. The number of hydrogen-bond donors (Lipinski definition) is 1. The van der Waals surface area contributed by atoms with Gasteiger partial charge in [0.05, 0.1) is 25.7 Å². The minimum absolute atomic E-state index is 0.0233. The molecule has 0 radical (unpaired) electrons. The van der Waals surface area contributed by atoms with Crippen LogP contribution in [0, 0.1) is 0 Å². The molecule has 2 aromatic rings. The summed E-state index contributed by atoms with van der Waals surface area (Å²) in [6, 6.07) is 13.6. The van der Waals surface area contributed by atoms with Gasteiger partial charge in [0.15, 0.2) is 11.5 Å². The van der Waals surface area contributed by atoms with E-state index in [1.54, 1.807) is 0 Å². The van der Waals surface area contributed by atoms with E-state index in [0.29, 0.717) is 11.5 Å². The number of ether oxygens (including phenoxy) is 2. The first-order valence-electron chi connectivity index (χ1n) is 9.87. The molecule has 0 unspecified atom stereocenters. The van der Waals surface area contributed by atoms with Crippen LogP contribution >= 0.6 is 0 Å². The summed E-state index contributed by atoms with van der Waals surface area (Å²) in [6.45, 7) is 3.74. The third-order valence-electron chi connectivity index (χ3n) is 4.64. The maximum atomic E-state index is 13.4. The van der Waals surface area contributed by atoms with E-state index < -0.39 is 10.0 Å². The zero-order valence-corrected chi connectivity index (χ0v) is 18.7. The summed E-state index contributed by atoms with van der Waals surface area (Å²) in [5.74, 6) is 0.396. The normalized spacial score (nSPS) is 12.4. The van der Waals surface area contributed by atoms with E-state index >= 15 is 0 Å². The highest BCUT2D eigenvalue weighted by Crippen LogP contribution is 2.31. The van der Waals surface area contributed by atoms with Crippen LogP contribution in [0.1, 0.15) is 32.3 Å². The zero-order chi connectivity index (χ0) is 22.1. The molecule has 164 valence electrons. The summed E-state index contributed by atoms with van der Waals surface area (Å²) in [4.78, 5) is 12.6. The van der Waals surface area contributed by atoms with Crippen LogP contribution in [-0.4, -0.2) is 45.4 Å². The Morgan fingerprint density at radius 1 is 1.07 bits per heavy atom. The van der Waals surface area contributed by atoms with E-state index in [-0.39, 0.29) is 29.9 Å². The molecular weight excluding hydrogens is 404 g/mol. The Balaban J connectivity index is 2.35. The number of amides is 1. The second-order valence-corrected chi connectivity index (χ2v) is 8.97. The summed E-state index contributed by atoms with van der Waals surface area (Å²) in [5, 5.41) is 2.87. The van der Waals surface area contributed by atoms with E-state index in [0.717, 1.165) is 18.4 Å². The molecule has 0 heterocycles. The number of sulfonamides is 1. The van der Waals surface area contributed by atoms with Gasteiger partial charge in [-0.1, -0.05) is 43.7 Å². The zero-order valence-electron chi connectivity index (χ0n) is 17.9. The Morgan fingerprint density at radius 3 is 2.33 bits per heavy atom. The third kappa shape index (κ3) is 6.21. The quantitative estimate of drug-likeness (QED) is 0.587. The smallest absolute Gasteiger partial charge is 0.243 e. The summed E-state index contributed by atoms with van der Waals surface area (Å²) in [6.07, 6.45) is 1.76. The lowest BCUT2D eigenvalue weighted by Crippen LogP contribution is -2.43. The van der Waals surface area contributed by atoms with Gasteiger partial charge in [0.2, 0.25) is 15.9 Å². The second kappa shape index (κ2) is 11.0. The predicted octanol–water partition coefficient (Wildman–Crippen LogP) is 3.20. The monoisotopic (exact) mass is 434 g/mol. The van der Waals surface area contributed by atoms with Crippen molar-refractivity contribution in [3.63, 3.8) is 0 Å². The van der Waals surface area contributed by atoms with Crippen LogP contribution in [-0.2, 0) is 21.4 Å². The molecule has 2 rings (SSSR count). The van der Waals surface area contributed by atoms with Gasteiger partial charge in [0.25, 0.3) is 0 Å². The molecule has 8 heteroatoms. The van der Waals surface area contributed by atoms with Crippen LogP contribution in [0.4, 0.5) is 0 Å². The fraction of sp³-hybridized carbons (Fsp3) is 0.409. The summed E-state index contributed by atoms with van der Waals surface area (Å²) >= 11 is 0. The average molecular weight is 435 g/mol. The van der Waals surface area contributed by atoms with Gasteiger partial charge in [-0.15, -0.1) is 0 Å². The molecule has 0 saturated carbocycles. The first-order valence-corrected chi connectivity index (χ1v) is 11.3. The van der Waals surface area contributed by atoms with Crippen molar-refractivity contribution in [2.24, 2.45) is 0 Å². The average Bonchev–Trinajstić information content (AvgIpc) is 2.73. The molecule has 30 heavy (non-hydrogen) atoms. The first-order chi connectivity index (χ1) is 14.3. The lowest BCUT2D eigenvalue weighted by molar-refractivity contribution is -0.122. The molecule has 0 aliphatic carbocycles. The molecule has 0 fully saturated rings. The lowest BCUT2D eigenvalue weighted by atomic mass is 10.2.